The van der Waals surface area contributed by atoms with Crippen LogP contribution in [0.15, 0.2) is 54.7 Å². The minimum atomic E-state index is 0.120. The highest BCUT2D eigenvalue weighted by Crippen LogP contribution is 2.32. The zero-order valence-corrected chi connectivity index (χ0v) is 17.4. The average Bonchev–Trinajstić information content (AvgIpc) is 2.82. The number of methoxy groups -OCH3 is 1. The number of hydrogen-bond acceptors (Lipinski definition) is 4. The van der Waals surface area contributed by atoms with Crippen LogP contribution in [0.4, 0.5) is 5.69 Å². The van der Waals surface area contributed by atoms with Crippen LogP contribution in [0.5, 0.6) is 5.75 Å². The molecule has 0 aliphatic carbocycles. The summed E-state index contributed by atoms with van der Waals surface area (Å²) in [5.74, 6) is 1.28. The van der Waals surface area contributed by atoms with E-state index in [1.165, 1.54) is 16.8 Å². The molecule has 5 rings (SSSR count). The summed E-state index contributed by atoms with van der Waals surface area (Å²) >= 11 is 0. The van der Waals surface area contributed by atoms with E-state index < -0.39 is 0 Å². The van der Waals surface area contributed by atoms with Crippen molar-refractivity contribution in [2.24, 2.45) is 5.92 Å². The number of amides is 1. The molecule has 1 aromatic heterocycles. The Morgan fingerprint density at radius 1 is 1.03 bits per heavy atom. The normalized spacial score (nSPS) is 17.1. The lowest BCUT2D eigenvalue weighted by molar-refractivity contribution is -0.137. The molecule has 0 unspecified atom stereocenters. The van der Waals surface area contributed by atoms with Crippen molar-refractivity contribution >= 4 is 22.5 Å². The first-order chi connectivity index (χ1) is 14.7. The number of carbonyl (C=O) groups excluding carboxylic acids is 1. The molecule has 1 fully saturated rings. The number of nitrogens with zero attached hydrogens (tertiary/aromatic N) is 3. The van der Waals surface area contributed by atoms with E-state index in [1.807, 2.05) is 18.3 Å². The van der Waals surface area contributed by atoms with Gasteiger partial charge < -0.3 is 14.5 Å². The number of fused-ring (bicyclic) bond motifs is 2. The summed E-state index contributed by atoms with van der Waals surface area (Å²) in [6.07, 6.45) is 4.62. The van der Waals surface area contributed by atoms with E-state index in [0.717, 1.165) is 62.1 Å². The maximum absolute atomic E-state index is 13.2. The van der Waals surface area contributed by atoms with Crippen LogP contribution in [0.1, 0.15) is 24.0 Å². The molecule has 0 N–H and O–H groups in total. The Bertz CT molecular complexity index is 1070. The minimum absolute atomic E-state index is 0.120. The first-order valence-electron chi connectivity index (χ1n) is 10.8. The molecule has 5 nitrogen and oxygen atoms in total. The van der Waals surface area contributed by atoms with Crippen molar-refractivity contribution in [3.63, 3.8) is 0 Å². The van der Waals surface area contributed by atoms with Crippen molar-refractivity contribution in [1.29, 1.82) is 0 Å². The minimum Gasteiger partial charge on any atom is -0.497 e. The van der Waals surface area contributed by atoms with Crippen molar-refractivity contribution in [2.75, 3.05) is 31.6 Å². The molecular formula is C25H27N3O2. The molecule has 2 aliphatic heterocycles. The van der Waals surface area contributed by atoms with Gasteiger partial charge >= 0.3 is 0 Å². The number of hydrogen-bond donors (Lipinski definition) is 0. The van der Waals surface area contributed by atoms with E-state index >= 15 is 0 Å². The quantitative estimate of drug-likeness (QED) is 0.664. The smallest absolute Gasteiger partial charge is 0.226 e. The van der Waals surface area contributed by atoms with Crippen LogP contribution in [0.3, 0.4) is 0 Å². The van der Waals surface area contributed by atoms with Crippen LogP contribution in [0, 0.1) is 5.92 Å². The third-order valence-corrected chi connectivity index (χ3v) is 6.55. The fourth-order valence-electron chi connectivity index (χ4n) is 4.82. The van der Waals surface area contributed by atoms with E-state index in [0.29, 0.717) is 5.91 Å². The molecule has 0 atom stereocenters. The first kappa shape index (κ1) is 18.9. The molecular weight excluding hydrogens is 374 g/mol. The number of benzene rings is 2. The third kappa shape index (κ3) is 3.49. The van der Waals surface area contributed by atoms with Gasteiger partial charge in [-0.15, -0.1) is 0 Å². The van der Waals surface area contributed by atoms with Gasteiger partial charge in [-0.3, -0.25) is 9.78 Å². The molecule has 154 valence electrons. The summed E-state index contributed by atoms with van der Waals surface area (Å²) in [5.41, 5.74) is 4.83. The second kappa shape index (κ2) is 7.98. The largest absolute Gasteiger partial charge is 0.497 e. The van der Waals surface area contributed by atoms with Crippen LogP contribution in [-0.4, -0.2) is 42.5 Å². The summed E-state index contributed by atoms with van der Waals surface area (Å²) in [6.45, 7) is 3.36. The number of pyridine rings is 1. The van der Waals surface area contributed by atoms with Crippen LogP contribution in [0.25, 0.3) is 10.9 Å². The Balaban J connectivity index is 1.28. The van der Waals surface area contributed by atoms with Gasteiger partial charge in [-0.2, -0.15) is 0 Å². The molecule has 1 saturated heterocycles. The van der Waals surface area contributed by atoms with E-state index in [-0.39, 0.29) is 5.92 Å². The van der Waals surface area contributed by atoms with Crippen LogP contribution >= 0.6 is 0 Å². The van der Waals surface area contributed by atoms with Gasteiger partial charge in [-0.1, -0.05) is 24.3 Å². The zero-order chi connectivity index (χ0) is 20.5. The number of aromatic nitrogens is 1. The SMILES string of the molecule is COc1ccc2nccc(N3CCC(C(=O)N4CCc5ccccc5C4)CC3)c2c1. The lowest BCUT2D eigenvalue weighted by Gasteiger charge is -2.37. The Kier molecular flexibility index (Phi) is 5.03. The molecule has 0 bridgehead atoms. The molecule has 0 radical (unpaired) electrons. The van der Waals surface area contributed by atoms with E-state index in [2.05, 4.69) is 51.2 Å². The van der Waals surface area contributed by atoms with Gasteiger partial charge in [-0.25, -0.2) is 0 Å². The number of anilines is 1. The van der Waals surface area contributed by atoms with Crippen LogP contribution in [0.2, 0.25) is 0 Å². The predicted octanol–water partition coefficient (Wildman–Crippen LogP) is 4.04. The predicted molar refractivity (Wildman–Crippen MR) is 119 cm³/mol. The van der Waals surface area contributed by atoms with Gasteiger partial charge in [0.15, 0.2) is 0 Å². The molecule has 2 aliphatic rings. The topological polar surface area (TPSA) is 45.7 Å². The molecule has 2 aromatic carbocycles. The fourth-order valence-corrected chi connectivity index (χ4v) is 4.82. The maximum atomic E-state index is 13.2. The lowest BCUT2D eigenvalue weighted by atomic mass is 9.92. The Morgan fingerprint density at radius 2 is 1.83 bits per heavy atom. The lowest BCUT2D eigenvalue weighted by Crippen LogP contribution is -2.44. The van der Waals surface area contributed by atoms with E-state index in [1.54, 1.807) is 7.11 Å². The van der Waals surface area contributed by atoms with Crippen molar-refractivity contribution in [2.45, 2.75) is 25.8 Å². The van der Waals surface area contributed by atoms with Crippen molar-refractivity contribution in [3.05, 3.63) is 65.9 Å². The summed E-state index contributed by atoms with van der Waals surface area (Å²) in [6, 6.07) is 16.6. The molecule has 3 aromatic rings. The van der Waals surface area contributed by atoms with Crippen molar-refractivity contribution in [1.82, 2.24) is 9.88 Å². The summed E-state index contributed by atoms with van der Waals surface area (Å²) in [7, 11) is 1.69. The van der Waals surface area contributed by atoms with Gasteiger partial charge in [0.1, 0.15) is 5.75 Å². The zero-order valence-electron chi connectivity index (χ0n) is 17.4. The van der Waals surface area contributed by atoms with E-state index in [4.69, 9.17) is 4.74 Å². The second-order valence-electron chi connectivity index (χ2n) is 8.25. The Labute approximate surface area is 177 Å². The molecule has 3 heterocycles. The van der Waals surface area contributed by atoms with Crippen molar-refractivity contribution < 1.29 is 9.53 Å². The van der Waals surface area contributed by atoms with Crippen LogP contribution in [-0.2, 0) is 17.8 Å². The number of ether oxygens (including phenoxy) is 1. The maximum Gasteiger partial charge on any atom is 0.226 e. The molecule has 1 amide bonds. The van der Waals surface area contributed by atoms with E-state index in [9.17, 15) is 4.79 Å². The average molecular weight is 402 g/mol. The standard InChI is InChI=1S/C25H27N3O2/c1-30-21-6-7-23-22(16-21)24(8-12-26-23)27-13-10-19(11-14-27)25(29)28-15-9-18-4-2-3-5-20(18)17-28/h2-8,12,16,19H,9-11,13-15,17H2,1H3. The fraction of sp³-hybridized carbons (Fsp3) is 0.360. The highest BCUT2D eigenvalue weighted by Gasteiger charge is 2.30. The van der Waals surface area contributed by atoms with Crippen LogP contribution < -0.4 is 9.64 Å². The monoisotopic (exact) mass is 401 g/mol. The van der Waals surface area contributed by atoms with Gasteiger partial charge in [-0.05, 0) is 54.7 Å². The third-order valence-electron chi connectivity index (χ3n) is 6.55. The molecule has 30 heavy (non-hydrogen) atoms. The van der Waals surface area contributed by atoms with Gasteiger partial charge in [0.2, 0.25) is 5.91 Å². The molecule has 0 saturated carbocycles. The van der Waals surface area contributed by atoms with Gasteiger partial charge in [0.05, 0.1) is 12.6 Å². The van der Waals surface area contributed by atoms with Crippen molar-refractivity contribution in [3.8, 4) is 5.75 Å². The summed E-state index contributed by atoms with van der Waals surface area (Å²) < 4.78 is 5.41. The van der Waals surface area contributed by atoms with Gasteiger partial charge in [0, 0.05) is 49.4 Å². The second-order valence-corrected chi connectivity index (χ2v) is 8.25. The first-order valence-corrected chi connectivity index (χ1v) is 10.8. The number of rotatable bonds is 3. The highest BCUT2D eigenvalue weighted by molar-refractivity contribution is 5.92. The summed E-state index contributed by atoms with van der Waals surface area (Å²) in [4.78, 5) is 22.1. The number of piperidine rings is 1. The highest BCUT2D eigenvalue weighted by atomic mass is 16.5. The molecule has 0 spiro atoms. The Hall–Kier alpha value is -3.08. The summed E-state index contributed by atoms with van der Waals surface area (Å²) in [5, 5.41) is 1.11. The Morgan fingerprint density at radius 3 is 2.63 bits per heavy atom. The number of carbonyl (C=O) groups is 1. The van der Waals surface area contributed by atoms with Gasteiger partial charge in [0.25, 0.3) is 0 Å². The molecule has 5 heteroatoms.